The molecule has 7 heteroatoms. The second-order valence-electron chi connectivity index (χ2n) is 3.29. The van der Waals surface area contributed by atoms with Gasteiger partial charge in [-0.1, -0.05) is 0 Å². The van der Waals surface area contributed by atoms with Crippen LogP contribution in [0.15, 0.2) is 35.2 Å². The van der Waals surface area contributed by atoms with Gasteiger partial charge in [0, 0.05) is 0 Å². The van der Waals surface area contributed by atoms with Crippen molar-refractivity contribution in [3.8, 4) is 11.6 Å². The van der Waals surface area contributed by atoms with E-state index < -0.39 is 5.97 Å². The van der Waals surface area contributed by atoms with Crippen molar-refractivity contribution in [2.24, 2.45) is 0 Å². The Morgan fingerprint density at radius 2 is 2.35 bits per heavy atom. The molecule has 0 aliphatic rings. The summed E-state index contributed by atoms with van der Waals surface area (Å²) in [6.07, 6.45) is 4.17. The van der Waals surface area contributed by atoms with Crippen LogP contribution in [-0.4, -0.2) is 30.7 Å². The highest BCUT2D eigenvalue weighted by atomic mass is 16.4. The van der Waals surface area contributed by atoms with Crippen molar-refractivity contribution in [3.05, 3.63) is 36.5 Å². The summed E-state index contributed by atoms with van der Waals surface area (Å²) in [7, 11) is 0. The van der Waals surface area contributed by atoms with Crippen LogP contribution in [0.5, 0.6) is 0 Å². The Morgan fingerprint density at radius 1 is 1.47 bits per heavy atom. The van der Waals surface area contributed by atoms with Gasteiger partial charge in [0.2, 0.25) is 5.82 Å². The Balaban J connectivity index is 2.16. The zero-order valence-electron chi connectivity index (χ0n) is 8.44. The van der Waals surface area contributed by atoms with E-state index in [1.54, 1.807) is 12.1 Å². The first-order valence-electron chi connectivity index (χ1n) is 4.73. The average molecular weight is 230 g/mol. The van der Waals surface area contributed by atoms with Crippen LogP contribution in [0.3, 0.4) is 0 Å². The number of rotatable bonds is 2. The topological polar surface area (TPSA) is 93.5 Å². The van der Waals surface area contributed by atoms with Crippen molar-refractivity contribution in [1.29, 1.82) is 0 Å². The number of aromatic carboxylic acids is 1. The summed E-state index contributed by atoms with van der Waals surface area (Å²) in [5, 5.41) is 12.9. The zero-order valence-corrected chi connectivity index (χ0v) is 8.44. The third-order valence-corrected chi connectivity index (χ3v) is 2.18. The lowest BCUT2D eigenvalue weighted by Gasteiger charge is -1.92. The number of fused-ring (bicyclic) bond motifs is 1. The fraction of sp³-hybridized carbons (Fsp3) is 0. The van der Waals surface area contributed by atoms with E-state index in [-0.39, 0.29) is 5.69 Å². The van der Waals surface area contributed by atoms with E-state index in [0.717, 1.165) is 0 Å². The van der Waals surface area contributed by atoms with E-state index in [4.69, 9.17) is 9.52 Å². The molecule has 3 aromatic heterocycles. The number of hydrogen-bond acceptors (Lipinski definition) is 5. The van der Waals surface area contributed by atoms with E-state index >= 15 is 0 Å². The Labute approximate surface area is 94.3 Å². The van der Waals surface area contributed by atoms with Gasteiger partial charge in [-0.05, 0) is 12.1 Å². The van der Waals surface area contributed by atoms with Crippen molar-refractivity contribution >= 4 is 11.6 Å². The quantitative estimate of drug-likeness (QED) is 0.708. The molecule has 0 unspecified atom stereocenters. The van der Waals surface area contributed by atoms with Crippen molar-refractivity contribution < 1.29 is 14.3 Å². The van der Waals surface area contributed by atoms with Gasteiger partial charge >= 0.3 is 5.97 Å². The zero-order chi connectivity index (χ0) is 11.8. The summed E-state index contributed by atoms with van der Waals surface area (Å²) < 4.78 is 6.51. The first kappa shape index (κ1) is 9.52. The SMILES string of the molecule is O=C(O)c1cn2nc(-c3ccco3)nc2cn1. The largest absolute Gasteiger partial charge is 0.476 e. The molecule has 17 heavy (non-hydrogen) atoms. The van der Waals surface area contributed by atoms with E-state index in [2.05, 4.69) is 15.1 Å². The molecule has 0 spiro atoms. The molecule has 0 aliphatic carbocycles. The van der Waals surface area contributed by atoms with Crippen molar-refractivity contribution in [2.45, 2.75) is 0 Å². The normalized spacial score (nSPS) is 10.8. The first-order valence-corrected chi connectivity index (χ1v) is 4.73. The molecule has 1 N–H and O–H groups in total. The Morgan fingerprint density at radius 3 is 3.06 bits per heavy atom. The number of carbonyl (C=O) groups is 1. The van der Waals surface area contributed by atoms with Crippen LogP contribution < -0.4 is 0 Å². The van der Waals surface area contributed by atoms with Crippen LogP contribution in [0.4, 0.5) is 0 Å². The highest BCUT2D eigenvalue weighted by molar-refractivity contribution is 5.85. The fourth-order valence-corrected chi connectivity index (χ4v) is 1.42. The number of hydrogen-bond donors (Lipinski definition) is 1. The lowest BCUT2D eigenvalue weighted by Crippen LogP contribution is -2.02. The van der Waals surface area contributed by atoms with Gasteiger partial charge in [0.05, 0.1) is 18.7 Å². The van der Waals surface area contributed by atoms with Gasteiger partial charge in [-0.25, -0.2) is 19.3 Å². The van der Waals surface area contributed by atoms with Crippen molar-refractivity contribution in [3.63, 3.8) is 0 Å². The minimum absolute atomic E-state index is 0.0894. The second kappa shape index (κ2) is 3.41. The summed E-state index contributed by atoms with van der Waals surface area (Å²) >= 11 is 0. The molecule has 3 heterocycles. The molecular weight excluding hydrogens is 224 g/mol. The summed E-state index contributed by atoms with van der Waals surface area (Å²) in [5.41, 5.74) is 0.370. The standard InChI is InChI=1S/C10H6N4O3/c15-10(16)6-5-14-8(4-11-6)12-9(13-14)7-2-1-3-17-7/h1-5H,(H,15,16). The molecule has 0 fully saturated rings. The molecule has 0 saturated heterocycles. The molecule has 0 atom stereocenters. The first-order chi connectivity index (χ1) is 8.24. The molecule has 0 amide bonds. The summed E-state index contributed by atoms with van der Waals surface area (Å²) in [4.78, 5) is 18.6. The third-order valence-electron chi connectivity index (χ3n) is 2.18. The number of carboxylic acids is 1. The third kappa shape index (κ3) is 1.53. The number of carboxylic acid groups (broad SMARTS) is 1. The molecule has 0 aromatic carbocycles. The average Bonchev–Trinajstić information content (AvgIpc) is 2.96. The molecular formula is C10H6N4O3. The maximum atomic E-state index is 10.7. The van der Waals surface area contributed by atoms with Crippen LogP contribution in [-0.2, 0) is 0 Å². The van der Waals surface area contributed by atoms with Gasteiger partial charge in [-0.3, -0.25) is 0 Å². The minimum Gasteiger partial charge on any atom is -0.476 e. The predicted octanol–water partition coefficient (Wildman–Crippen LogP) is 1.08. The molecule has 0 aliphatic heterocycles. The maximum absolute atomic E-state index is 10.7. The molecule has 0 bridgehead atoms. The van der Waals surface area contributed by atoms with Crippen molar-refractivity contribution in [2.75, 3.05) is 0 Å². The molecule has 0 saturated carbocycles. The molecule has 7 nitrogen and oxygen atoms in total. The van der Waals surface area contributed by atoms with Gasteiger partial charge in [-0.2, -0.15) is 0 Å². The second-order valence-corrected chi connectivity index (χ2v) is 3.29. The lowest BCUT2D eigenvalue weighted by atomic mass is 10.4. The molecule has 0 radical (unpaired) electrons. The molecule has 3 rings (SSSR count). The fourth-order valence-electron chi connectivity index (χ4n) is 1.42. The van der Waals surface area contributed by atoms with E-state index in [1.165, 1.54) is 23.2 Å². The number of furan rings is 1. The molecule has 84 valence electrons. The summed E-state index contributed by atoms with van der Waals surface area (Å²) in [6.45, 7) is 0. The summed E-state index contributed by atoms with van der Waals surface area (Å²) in [6, 6.07) is 3.45. The Bertz CT molecular complexity index is 687. The van der Waals surface area contributed by atoms with E-state index in [9.17, 15) is 4.79 Å². The van der Waals surface area contributed by atoms with Crippen LogP contribution in [0.1, 0.15) is 10.5 Å². The Hall–Kier alpha value is -2.70. The lowest BCUT2D eigenvalue weighted by molar-refractivity contribution is 0.0689. The van der Waals surface area contributed by atoms with E-state index in [1.807, 2.05) is 0 Å². The molecule has 3 aromatic rings. The minimum atomic E-state index is -1.11. The van der Waals surface area contributed by atoms with Crippen LogP contribution >= 0.6 is 0 Å². The summed E-state index contributed by atoms with van der Waals surface area (Å²) in [5.74, 6) is -0.202. The highest BCUT2D eigenvalue weighted by Crippen LogP contribution is 2.16. The van der Waals surface area contributed by atoms with Gasteiger partial charge in [0.15, 0.2) is 17.1 Å². The monoisotopic (exact) mass is 230 g/mol. The maximum Gasteiger partial charge on any atom is 0.356 e. The number of nitrogens with zero attached hydrogens (tertiary/aromatic N) is 4. The van der Waals surface area contributed by atoms with E-state index in [0.29, 0.717) is 17.2 Å². The highest BCUT2D eigenvalue weighted by Gasteiger charge is 2.11. The van der Waals surface area contributed by atoms with Gasteiger partial charge in [0.1, 0.15) is 0 Å². The smallest absolute Gasteiger partial charge is 0.356 e. The van der Waals surface area contributed by atoms with Crippen LogP contribution in [0.2, 0.25) is 0 Å². The van der Waals surface area contributed by atoms with Gasteiger partial charge in [-0.15, -0.1) is 5.10 Å². The van der Waals surface area contributed by atoms with Crippen LogP contribution in [0, 0.1) is 0 Å². The van der Waals surface area contributed by atoms with Gasteiger partial charge < -0.3 is 9.52 Å². The van der Waals surface area contributed by atoms with Crippen molar-refractivity contribution in [1.82, 2.24) is 19.6 Å². The predicted molar refractivity (Wildman–Crippen MR) is 55.4 cm³/mol. The Kier molecular flexibility index (Phi) is 1.91. The number of aromatic nitrogens is 4. The van der Waals surface area contributed by atoms with Crippen LogP contribution in [0.25, 0.3) is 17.2 Å². The van der Waals surface area contributed by atoms with Gasteiger partial charge in [0.25, 0.3) is 0 Å².